The third-order valence-electron chi connectivity index (χ3n) is 3.00. The molecule has 1 atom stereocenters. The van der Waals surface area contributed by atoms with Crippen molar-refractivity contribution in [1.29, 1.82) is 0 Å². The molecule has 20 heavy (non-hydrogen) atoms. The third-order valence-corrected chi connectivity index (χ3v) is 5.05. The van der Waals surface area contributed by atoms with Crippen LogP contribution in [0.15, 0.2) is 15.9 Å². The Morgan fingerprint density at radius 1 is 1.50 bits per heavy atom. The van der Waals surface area contributed by atoms with Crippen molar-refractivity contribution < 1.29 is 9.53 Å². The van der Waals surface area contributed by atoms with Gasteiger partial charge in [-0.25, -0.2) is 4.98 Å². The molecule has 1 N–H and O–H groups in total. The van der Waals surface area contributed by atoms with Gasteiger partial charge in [-0.2, -0.15) is 0 Å². The van der Waals surface area contributed by atoms with Crippen LogP contribution in [0.5, 0.6) is 0 Å². The van der Waals surface area contributed by atoms with Crippen molar-refractivity contribution in [3.63, 3.8) is 0 Å². The average Bonchev–Trinajstić information content (AvgIpc) is 2.92. The predicted molar refractivity (Wildman–Crippen MR) is 85.4 cm³/mol. The number of thiazole rings is 1. The molecule has 0 saturated heterocycles. The van der Waals surface area contributed by atoms with E-state index < -0.39 is 5.54 Å². The molecule has 1 aromatic rings. The Morgan fingerprint density at radius 2 is 2.30 bits per heavy atom. The highest BCUT2D eigenvalue weighted by molar-refractivity contribution is 8.00. The van der Waals surface area contributed by atoms with Crippen LogP contribution in [0.1, 0.15) is 40.0 Å². The lowest BCUT2D eigenvalue weighted by atomic mass is 9.95. The summed E-state index contributed by atoms with van der Waals surface area (Å²) in [4.78, 5) is 16.2. The van der Waals surface area contributed by atoms with E-state index in [0.717, 1.165) is 35.9 Å². The number of aromatic nitrogens is 1. The first-order valence-electron chi connectivity index (χ1n) is 7.07. The Bertz CT molecular complexity index is 385. The molecule has 0 aliphatic carbocycles. The number of thioether (sulfide) groups is 1. The van der Waals surface area contributed by atoms with Crippen molar-refractivity contribution in [3.8, 4) is 0 Å². The smallest absolute Gasteiger partial charge is 0.326 e. The van der Waals surface area contributed by atoms with Gasteiger partial charge in [0.05, 0.1) is 6.61 Å². The first kappa shape index (κ1) is 17.5. The molecule has 1 rings (SSSR count). The molecule has 1 unspecified atom stereocenters. The number of esters is 1. The molecular formula is C14H24N2O2S2. The lowest BCUT2D eigenvalue weighted by Gasteiger charge is -2.28. The highest BCUT2D eigenvalue weighted by Gasteiger charge is 2.32. The molecule has 0 radical (unpaired) electrons. The van der Waals surface area contributed by atoms with E-state index in [4.69, 9.17) is 4.74 Å². The lowest BCUT2D eigenvalue weighted by Crippen LogP contribution is -2.50. The highest BCUT2D eigenvalue weighted by atomic mass is 32.2. The van der Waals surface area contributed by atoms with Crippen LogP contribution in [0.4, 0.5) is 0 Å². The van der Waals surface area contributed by atoms with E-state index in [1.165, 1.54) is 0 Å². The van der Waals surface area contributed by atoms with E-state index in [1.807, 2.05) is 32.3 Å². The van der Waals surface area contributed by atoms with Crippen LogP contribution >= 0.6 is 23.1 Å². The Labute approximate surface area is 129 Å². The van der Waals surface area contributed by atoms with Crippen molar-refractivity contribution in [1.82, 2.24) is 10.3 Å². The normalized spacial score (nSPS) is 13.9. The summed E-state index contributed by atoms with van der Waals surface area (Å²) in [7, 11) is 0. The quantitative estimate of drug-likeness (QED) is 0.407. The standard InChI is InChI=1S/C14H24N2O2S2/c1-4-16-14(3,12(17)18-5-2)8-6-7-10-19-13-15-9-11-20-13/h9,11,16H,4-8,10H2,1-3H3. The summed E-state index contributed by atoms with van der Waals surface area (Å²) in [6.45, 7) is 6.98. The number of unbranched alkanes of at least 4 members (excludes halogenated alkanes) is 1. The zero-order chi connectivity index (χ0) is 14.8. The molecular weight excluding hydrogens is 292 g/mol. The van der Waals surface area contributed by atoms with Crippen LogP contribution in [0.3, 0.4) is 0 Å². The van der Waals surface area contributed by atoms with Gasteiger partial charge in [-0.15, -0.1) is 11.3 Å². The second-order valence-corrected chi connectivity index (χ2v) is 6.92. The fourth-order valence-corrected chi connectivity index (χ4v) is 3.67. The van der Waals surface area contributed by atoms with E-state index >= 15 is 0 Å². The minimum Gasteiger partial charge on any atom is -0.465 e. The molecule has 0 aliphatic heterocycles. The van der Waals surface area contributed by atoms with Gasteiger partial charge in [-0.3, -0.25) is 4.79 Å². The predicted octanol–water partition coefficient (Wildman–Crippen LogP) is 3.34. The van der Waals surface area contributed by atoms with Gasteiger partial charge in [0, 0.05) is 17.3 Å². The zero-order valence-electron chi connectivity index (χ0n) is 12.5. The number of carbonyl (C=O) groups is 1. The van der Waals surface area contributed by atoms with E-state index in [1.54, 1.807) is 23.1 Å². The highest BCUT2D eigenvalue weighted by Crippen LogP contribution is 2.23. The Hall–Kier alpha value is -0.590. The summed E-state index contributed by atoms with van der Waals surface area (Å²) < 4.78 is 6.28. The second kappa shape index (κ2) is 9.37. The largest absolute Gasteiger partial charge is 0.465 e. The minimum absolute atomic E-state index is 0.144. The first-order valence-corrected chi connectivity index (χ1v) is 8.93. The Kier molecular flexibility index (Phi) is 8.18. The summed E-state index contributed by atoms with van der Waals surface area (Å²) in [5, 5.41) is 5.25. The molecule has 0 fully saturated rings. The summed E-state index contributed by atoms with van der Waals surface area (Å²) in [6, 6.07) is 0. The molecule has 0 aliphatic rings. The van der Waals surface area contributed by atoms with E-state index in [2.05, 4.69) is 10.3 Å². The average molecular weight is 316 g/mol. The van der Waals surface area contributed by atoms with Crippen LogP contribution in [0, 0.1) is 0 Å². The molecule has 0 bridgehead atoms. The van der Waals surface area contributed by atoms with Gasteiger partial charge in [0.1, 0.15) is 9.88 Å². The Morgan fingerprint density at radius 3 is 2.90 bits per heavy atom. The van der Waals surface area contributed by atoms with Crippen LogP contribution in [0.2, 0.25) is 0 Å². The van der Waals surface area contributed by atoms with Gasteiger partial charge >= 0.3 is 5.97 Å². The molecule has 1 heterocycles. The maximum Gasteiger partial charge on any atom is 0.326 e. The summed E-state index contributed by atoms with van der Waals surface area (Å²) in [5.74, 6) is 0.896. The van der Waals surface area contributed by atoms with Gasteiger partial charge in [-0.1, -0.05) is 25.1 Å². The van der Waals surface area contributed by atoms with Crippen molar-refractivity contribution in [3.05, 3.63) is 11.6 Å². The topological polar surface area (TPSA) is 51.2 Å². The Balaban J connectivity index is 2.29. The number of ether oxygens (including phenoxy) is 1. The number of likely N-dealkylation sites (N-methyl/N-ethyl adjacent to an activating group) is 1. The van der Waals surface area contributed by atoms with Crippen molar-refractivity contribution in [2.75, 3.05) is 18.9 Å². The van der Waals surface area contributed by atoms with Gasteiger partial charge < -0.3 is 10.1 Å². The van der Waals surface area contributed by atoms with E-state index in [0.29, 0.717) is 6.61 Å². The van der Waals surface area contributed by atoms with Crippen LogP contribution < -0.4 is 5.32 Å². The van der Waals surface area contributed by atoms with E-state index in [9.17, 15) is 4.79 Å². The molecule has 6 heteroatoms. The number of hydrogen-bond donors (Lipinski definition) is 1. The third kappa shape index (κ3) is 5.81. The molecule has 0 amide bonds. The molecule has 4 nitrogen and oxygen atoms in total. The number of hydrogen-bond acceptors (Lipinski definition) is 6. The molecule has 0 saturated carbocycles. The molecule has 0 aromatic carbocycles. The van der Waals surface area contributed by atoms with Gasteiger partial charge in [0.25, 0.3) is 0 Å². The minimum atomic E-state index is -0.559. The molecule has 114 valence electrons. The SMILES string of the molecule is CCNC(C)(CCCCSc1nccs1)C(=O)OCC. The molecule has 0 spiro atoms. The molecule has 1 aromatic heterocycles. The monoisotopic (exact) mass is 316 g/mol. The van der Waals surface area contributed by atoms with Crippen LogP contribution in [-0.4, -0.2) is 35.4 Å². The van der Waals surface area contributed by atoms with Crippen molar-refractivity contribution in [2.45, 2.75) is 49.9 Å². The van der Waals surface area contributed by atoms with Crippen molar-refractivity contribution in [2.24, 2.45) is 0 Å². The van der Waals surface area contributed by atoms with Gasteiger partial charge in [-0.05, 0) is 33.2 Å². The van der Waals surface area contributed by atoms with Gasteiger partial charge in [0.2, 0.25) is 0 Å². The fraction of sp³-hybridized carbons (Fsp3) is 0.714. The number of nitrogens with zero attached hydrogens (tertiary/aromatic N) is 1. The van der Waals surface area contributed by atoms with Crippen LogP contribution in [-0.2, 0) is 9.53 Å². The number of rotatable bonds is 10. The van der Waals surface area contributed by atoms with E-state index in [-0.39, 0.29) is 5.97 Å². The lowest BCUT2D eigenvalue weighted by molar-refractivity contribution is -0.150. The van der Waals surface area contributed by atoms with Crippen molar-refractivity contribution >= 4 is 29.1 Å². The maximum absolute atomic E-state index is 12.0. The van der Waals surface area contributed by atoms with Gasteiger partial charge in [0.15, 0.2) is 0 Å². The zero-order valence-corrected chi connectivity index (χ0v) is 14.1. The second-order valence-electron chi connectivity index (χ2n) is 4.69. The summed E-state index contributed by atoms with van der Waals surface area (Å²) in [5.41, 5.74) is -0.559. The number of nitrogens with one attached hydrogen (secondary N) is 1. The summed E-state index contributed by atoms with van der Waals surface area (Å²) >= 11 is 3.45. The summed E-state index contributed by atoms with van der Waals surface area (Å²) in [6.07, 6.45) is 4.71. The number of carbonyl (C=O) groups excluding carboxylic acids is 1. The maximum atomic E-state index is 12.0. The first-order chi connectivity index (χ1) is 9.62. The van der Waals surface area contributed by atoms with Crippen LogP contribution in [0.25, 0.3) is 0 Å². The fourth-order valence-electron chi connectivity index (χ4n) is 1.96.